The third kappa shape index (κ3) is 5.50. The third-order valence-electron chi connectivity index (χ3n) is 4.40. The molecule has 0 aliphatic carbocycles. The van der Waals surface area contributed by atoms with Gasteiger partial charge in [0, 0.05) is 17.7 Å². The van der Waals surface area contributed by atoms with Gasteiger partial charge in [0.05, 0.1) is 22.8 Å². The Morgan fingerprint density at radius 3 is 2.42 bits per heavy atom. The van der Waals surface area contributed by atoms with Crippen LogP contribution in [0.2, 0.25) is 0 Å². The summed E-state index contributed by atoms with van der Waals surface area (Å²) in [5.74, 6) is -2.55. The SMILES string of the molecule is CCOC(=O)c1ccc(Oc2ccccc2NC(=O)c2cccc([N+](=O)[O-])c2)c(C(=O)O)c1. The van der Waals surface area contributed by atoms with Crippen molar-refractivity contribution in [3.8, 4) is 11.5 Å². The highest BCUT2D eigenvalue weighted by Crippen LogP contribution is 2.32. The van der Waals surface area contributed by atoms with E-state index in [1.54, 1.807) is 19.1 Å². The van der Waals surface area contributed by atoms with Crippen LogP contribution < -0.4 is 10.1 Å². The van der Waals surface area contributed by atoms with E-state index in [1.807, 2.05) is 0 Å². The van der Waals surface area contributed by atoms with Crippen molar-refractivity contribution < 1.29 is 33.9 Å². The van der Waals surface area contributed by atoms with Gasteiger partial charge in [0.2, 0.25) is 0 Å². The molecule has 0 radical (unpaired) electrons. The van der Waals surface area contributed by atoms with Crippen LogP contribution in [0.1, 0.15) is 38.0 Å². The number of benzene rings is 3. The number of para-hydroxylation sites is 2. The molecule has 0 heterocycles. The topological polar surface area (TPSA) is 145 Å². The maximum Gasteiger partial charge on any atom is 0.339 e. The van der Waals surface area contributed by atoms with E-state index in [0.29, 0.717) is 0 Å². The summed E-state index contributed by atoms with van der Waals surface area (Å²) < 4.78 is 10.6. The molecule has 0 bridgehead atoms. The highest BCUT2D eigenvalue weighted by Gasteiger charge is 2.19. The number of carboxylic acid groups (broad SMARTS) is 1. The fourth-order valence-corrected chi connectivity index (χ4v) is 2.86. The maximum absolute atomic E-state index is 12.6. The Bertz CT molecular complexity index is 1240. The molecule has 2 N–H and O–H groups in total. The van der Waals surface area contributed by atoms with Gasteiger partial charge in [-0.25, -0.2) is 9.59 Å². The largest absolute Gasteiger partial charge is 0.478 e. The lowest BCUT2D eigenvalue weighted by Crippen LogP contribution is -2.13. The third-order valence-corrected chi connectivity index (χ3v) is 4.40. The van der Waals surface area contributed by atoms with E-state index in [0.717, 1.165) is 12.1 Å². The summed E-state index contributed by atoms with van der Waals surface area (Å²) in [6.07, 6.45) is 0. The van der Waals surface area contributed by atoms with E-state index >= 15 is 0 Å². The lowest BCUT2D eigenvalue weighted by Gasteiger charge is -2.14. The van der Waals surface area contributed by atoms with Gasteiger partial charge in [0.1, 0.15) is 11.3 Å². The second-order valence-electron chi connectivity index (χ2n) is 6.60. The zero-order chi connectivity index (χ0) is 24.0. The number of carbonyl (C=O) groups excluding carboxylic acids is 2. The lowest BCUT2D eigenvalue weighted by atomic mass is 10.1. The van der Waals surface area contributed by atoms with Crippen LogP contribution in [0.5, 0.6) is 11.5 Å². The number of nitro groups is 1. The van der Waals surface area contributed by atoms with E-state index < -0.39 is 22.8 Å². The van der Waals surface area contributed by atoms with Gasteiger partial charge in [-0.3, -0.25) is 14.9 Å². The Balaban J connectivity index is 1.89. The van der Waals surface area contributed by atoms with Crippen molar-refractivity contribution in [1.29, 1.82) is 0 Å². The standard InChI is InChI=1S/C23H18N2O8/c1-2-32-23(29)15-10-11-19(17(13-15)22(27)28)33-20-9-4-3-8-18(20)24-21(26)14-6-5-7-16(12-14)25(30)31/h3-13H,2H2,1H3,(H,24,26)(H,27,28). The molecule has 0 aromatic heterocycles. The van der Waals surface area contributed by atoms with Crippen LogP contribution in [0.4, 0.5) is 11.4 Å². The normalized spacial score (nSPS) is 10.2. The van der Waals surface area contributed by atoms with Gasteiger partial charge in [-0.05, 0) is 43.3 Å². The van der Waals surface area contributed by atoms with E-state index in [2.05, 4.69) is 5.32 Å². The molecular formula is C23H18N2O8. The summed E-state index contributed by atoms with van der Waals surface area (Å²) in [5.41, 5.74) is -0.196. The van der Waals surface area contributed by atoms with Crippen molar-refractivity contribution in [2.75, 3.05) is 11.9 Å². The molecule has 0 saturated heterocycles. The van der Waals surface area contributed by atoms with E-state index in [-0.39, 0.29) is 46.2 Å². The first-order valence-electron chi connectivity index (χ1n) is 9.67. The number of esters is 1. The first kappa shape index (κ1) is 22.9. The Morgan fingerprint density at radius 1 is 0.970 bits per heavy atom. The molecule has 10 heteroatoms. The minimum absolute atomic E-state index is 0.0499. The number of non-ortho nitro benzene ring substituents is 1. The number of carboxylic acids is 1. The molecule has 3 aromatic rings. The van der Waals surface area contributed by atoms with Gasteiger partial charge in [-0.2, -0.15) is 0 Å². The summed E-state index contributed by atoms with van der Waals surface area (Å²) >= 11 is 0. The molecule has 3 rings (SSSR count). The number of ether oxygens (including phenoxy) is 2. The average molecular weight is 450 g/mol. The number of aromatic carboxylic acids is 1. The predicted octanol–water partition coefficient (Wildman–Crippen LogP) is 4.51. The fraction of sp³-hybridized carbons (Fsp3) is 0.0870. The molecule has 10 nitrogen and oxygen atoms in total. The molecule has 0 unspecified atom stereocenters. The van der Waals surface area contributed by atoms with Crippen LogP contribution >= 0.6 is 0 Å². The van der Waals surface area contributed by atoms with Gasteiger partial charge in [0.25, 0.3) is 11.6 Å². The van der Waals surface area contributed by atoms with Crippen LogP contribution in [-0.2, 0) is 4.74 Å². The summed E-state index contributed by atoms with van der Waals surface area (Å²) in [5, 5.41) is 23.1. The highest BCUT2D eigenvalue weighted by atomic mass is 16.6. The number of carbonyl (C=O) groups is 3. The van der Waals surface area contributed by atoms with Gasteiger partial charge in [-0.15, -0.1) is 0 Å². The molecule has 1 amide bonds. The van der Waals surface area contributed by atoms with Gasteiger partial charge in [0.15, 0.2) is 5.75 Å². The maximum atomic E-state index is 12.6. The van der Waals surface area contributed by atoms with Crippen molar-refractivity contribution in [3.05, 3.63) is 93.5 Å². The van der Waals surface area contributed by atoms with Crippen LogP contribution in [0.15, 0.2) is 66.7 Å². The Morgan fingerprint density at radius 2 is 1.73 bits per heavy atom. The molecule has 0 atom stereocenters. The Hall–Kier alpha value is -4.73. The Kier molecular flexibility index (Phi) is 6.99. The molecular weight excluding hydrogens is 432 g/mol. The van der Waals surface area contributed by atoms with Crippen LogP contribution in [0, 0.1) is 10.1 Å². The van der Waals surface area contributed by atoms with Crippen molar-refractivity contribution in [2.45, 2.75) is 6.92 Å². The van der Waals surface area contributed by atoms with Crippen LogP contribution in [0.3, 0.4) is 0 Å². The zero-order valence-electron chi connectivity index (χ0n) is 17.3. The summed E-state index contributed by atoms with van der Waals surface area (Å²) in [6, 6.07) is 15.3. The number of nitro benzene ring substituents is 1. The number of anilines is 1. The second-order valence-corrected chi connectivity index (χ2v) is 6.60. The van der Waals surface area contributed by atoms with E-state index in [9.17, 15) is 29.6 Å². The number of nitrogens with one attached hydrogen (secondary N) is 1. The van der Waals surface area contributed by atoms with Crippen LogP contribution in [0.25, 0.3) is 0 Å². The molecule has 0 spiro atoms. The lowest BCUT2D eigenvalue weighted by molar-refractivity contribution is -0.384. The number of hydrogen-bond donors (Lipinski definition) is 2. The predicted molar refractivity (Wildman–Crippen MR) is 117 cm³/mol. The zero-order valence-corrected chi connectivity index (χ0v) is 17.3. The quantitative estimate of drug-likeness (QED) is 0.290. The molecule has 0 aliphatic heterocycles. The molecule has 3 aromatic carbocycles. The van der Waals surface area contributed by atoms with Crippen molar-refractivity contribution in [2.24, 2.45) is 0 Å². The first-order valence-corrected chi connectivity index (χ1v) is 9.67. The number of hydrogen-bond acceptors (Lipinski definition) is 7. The molecule has 33 heavy (non-hydrogen) atoms. The first-order chi connectivity index (χ1) is 15.8. The molecule has 0 fully saturated rings. The second kappa shape index (κ2) is 10.1. The van der Waals surface area contributed by atoms with Crippen molar-refractivity contribution in [1.82, 2.24) is 0 Å². The van der Waals surface area contributed by atoms with Crippen molar-refractivity contribution in [3.63, 3.8) is 0 Å². The Labute approximate surface area is 187 Å². The van der Waals surface area contributed by atoms with E-state index in [4.69, 9.17) is 9.47 Å². The average Bonchev–Trinajstić information content (AvgIpc) is 2.80. The monoisotopic (exact) mass is 450 g/mol. The molecule has 0 aliphatic rings. The summed E-state index contributed by atoms with van der Waals surface area (Å²) in [4.78, 5) is 46.6. The number of amides is 1. The smallest absolute Gasteiger partial charge is 0.339 e. The minimum Gasteiger partial charge on any atom is -0.478 e. The van der Waals surface area contributed by atoms with Crippen molar-refractivity contribution >= 4 is 29.2 Å². The number of rotatable bonds is 8. The van der Waals surface area contributed by atoms with Gasteiger partial charge >= 0.3 is 11.9 Å². The van der Waals surface area contributed by atoms with Gasteiger partial charge in [-0.1, -0.05) is 18.2 Å². The van der Waals surface area contributed by atoms with Gasteiger partial charge < -0.3 is 19.9 Å². The molecule has 168 valence electrons. The van der Waals surface area contributed by atoms with Crippen LogP contribution in [-0.4, -0.2) is 34.5 Å². The highest BCUT2D eigenvalue weighted by molar-refractivity contribution is 6.05. The number of nitrogens with zero attached hydrogens (tertiary/aromatic N) is 1. The summed E-state index contributed by atoms with van der Waals surface area (Å²) in [6.45, 7) is 1.77. The summed E-state index contributed by atoms with van der Waals surface area (Å²) in [7, 11) is 0. The minimum atomic E-state index is -1.32. The van der Waals surface area contributed by atoms with E-state index in [1.165, 1.54) is 42.5 Å². The molecule has 0 saturated carbocycles. The fourth-order valence-electron chi connectivity index (χ4n) is 2.86.